The number of rotatable bonds is 6. The summed E-state index contributed by atoms with van der Waals surface area (Å²) in [5, 5.41) is 0. The fourth-order valence-electron chi connectivity index (χ4n) is 4.30. The summed E-state index contributed by atoms with van der Waals surface area (Å²) in [5.41, 5.74) is 1.92. The zero-order valence-corrected chi connectivity index (χ0v) is 18.8. The third-order valence-corrected chi connectivity index (χ3v) is 5.62. The number of Topliss-reactive ketones (excluding diaryl/α,β-unsaturated/α-hetero) is 1. The molecule has 7 heteroatoms. The average molecular weight is 438 g/mol. The molecule has 7 nitrogen and oxygen atoms in total. The molecule has 0 aromatic heterocycles. The summed E-state index contributed by atoms with van der Waals surface area (Å²) in [6.45, 7) is 4.20. The minimum absolute atomic E-state index is 0.0606. The maximum absolute atomic E-state index is 13.1. The molecular weight excluding hydrogens is 412 g/mol. The maximum Gasteiger partial charge on any atom is 0.311 e. The van der Waals surface area contributed by atoms with Crippen LogP contribution in [0.3, 0.4) is 0 Å². The van der Waals surface area contributed by atoms with Crippen molar-refractivity contribution >= 4 is 17.8 Å². The third kappa shape index (κ3) is 3.79. The lowest BCUT2D eigenvalue weighted by atomic mass is 9.84. The van der Waals surface area contributed by atoms with Gasteiger partial charge in [-0.05, 0) is 48.2 Å². The van der Waals surface area contributed by atoms with Gasteiger partial charge >= 0.3 is 5.97 Å². The van der Waals surface area contributed by atoms with Crippen LogP contribution in [0.1, 0.15) is 54.1 Å². The number of benzene rings is 2. The first-order valence-electron chi connectivity index (χ1n) is 10.5. The number of allylic oxidation sites excluding steroid dienone is 1. The number of hydrogen-bond acceptors (Lipinski definition) is 7. The van der Waals surface area contributed by atoms with Crippen molar-refractivity contribution < 1.29 is 33.3 Å². The molecule has 0 saturated heterocycles. The lowest BCUT2D eigenvalue weighted by molar-refractivity contribution is -0.136. The van der Waals surface area contributed by atoms with Gasteiger partial charge < -0.3 is 23.7 Å². The molecule has 0 saturated carbocycles. The van der Waals surface area contributed by atoms with E-state index in [1.54, 1.807) is 30.3 Å². The fourth-order valence-corrected chi connectivity index (χ4v) is 4.30. The van der Waals surface area contributed by atoms with E-state index in [1.807, 2.05) is 0 Å². The topological polar surface area (TPSA) is 80.3 Å². The molecule has 168 valence electrons. The van der Waals surface area contributed by atoms with Gasteiger partial charge in [-0.15, -0.1) is 0 Å². The molecule has 0 N–H and O–H groups in total. The first kappa shape index (κ1) is 21.7. The Morgan fingerprint density at radius 1 is 1.03 bits per heavy atom. The SMILES string of the molecule is COc1cc(/C=C2\Oc3c(ccc4c3C(CC(C)C)CC(=O)O4)C2=O)cc(OC)c1OC. The van der Waals surface area contributed by atoms with Crippen LogP contribution in [0.15, 0.2) is 30.0 Å². The number of ether oxygens (including phenoxy) is 5. The maximum atomic E-state index is 13.1. The first-order valence-corrected chi connectivity index (χ1v) is 10.5. The first-order chi connectivity index (χ1) is 15.4. The second-order valence-electron chi connectivity index (χ2n) is 8.26. The summed E-state index contributed by atoms with van der Waals surface area (Å²) in [6.07, 6.45) is 2.71. The minimum Gasteiger partial charge on any atom is -0.493 e. The highest BCUT2D eigenvalue weighted by atomic mass is 16.5. The molecule has 0 radical (unpaired) electrons. The van der Waals surface area contributed by atoms with Crippen molar-refractivity contribution in [3.8, 4) is 28.7 Å². The van der Waals surface area contributed by atoms with E-state index in [2.05, 4.69) is 13.8 Å². The number of esters is 1. The molecule has 0 aliphatic carbocycles. The molecule has 2 aromatic carbocycles. The van der Waals surface area contributed by atoms with E-state index >= 15 is 0 Å². The van der Waals surface area contributed by atoms with Crippen molar-refractivity contribution in [2.24, 2.45) is 5.92 Å². The number of ketones is 1. The molecule has 0 fully saturated rings. The van der Waals surface area contributed by atoms with Crippen molar-refractivity contribution in [1.82, 2.24) is 0 Å². The highest BCUT2D eigenvalue weighted by molar-refractivity contribution is 6.15. The zero-order chi connectivity index (χ0) is 23.0. The standard InChI is InChI=1S/C25H26O7/c1-13(2)8-15-12-21(26)31-17-7-6-16-23(27)18(32-24(16)22(15)17)9-14-10-19(28-3)25(30-5)20(11-14)29-4/h6-7,9-11,13,15H,8,12H2,1-5H3/b18-9-. The van der Waals surface area contributed by atoms with Gasteiger partial charge in [0.05, 0.1) is 33.3 Å². The third-order valence-electron chi connectivity index (χ3n) is 5.62. The van der Waals surface area contributed by atoms with Gasteiger partial charge in [-0.2, -0.15) is 0 Å². The van der Waals surface area contributed by atoms with Crippen LogP contribution in [0, 0.1) is 5.92 Å². The van der Waals surface area contributed by atoms with Crippen molar-refractivity contribution in [3.05, 3.63) is 46.7 Å². The molecule has 32 heavy (non-hydrogen) atoms. The molecular formula is C25H26O7. The van der Waals surface area contributed by atoms with Gasteiger partial charge in [0, 0.05) is 11.5 Å². The Hall–Kier alpha value is -3.48. The monoisotopic (exact) mass is 438 g/mol. The van der Waals surface area contributed by atoms with E-state index in [-0.39, 0.29) is 29.9 Å². The van der Waals surface area contributed by atoms with E-state index < -0.39 is 0 Å². The summed E-state index contributed by atoms with van der Waals surface area (Å²) in [7, 11) is 4.59. The summed E-state index contributed by atoms with van der Waals surface area (Å²) in [5.74, 6) is 2.37. The van der Waals surface area contributed by atoms with Gasteiger partial charge in [0.25, 0.3) is 0 Å². The Labute approximate surface area is 186 Å². The fraction of sp³-hybridized carbons (Fsp3) is 0.360. The molecule has 2 aromatic rings. The van der Waals surface area contributed by atoms with Gasteiger partial charge in [-0.25, -0.2) is 0 Å². The van der Waals surface area contributed by atoms with Crippen molar-refractivity contribution in [2.75, 3.05) is 21.3 Å². The Morgan fingerprint density at radius 2 is 1.72 bits per heavy atom. The molecule has 0 amide bonds. The van der Waals surface area contributed by atoms with Crippen LogP contribution in [0.4, 0.5) is 0 Å². The Morgan fingerprint density at radius 3 is 2.31 bits per heavy atom. The van der Waals surface area contributed by atoms with Crippen molar-refractivity contribution in [2.45, 2.75) is 32.6 Å². The van der Waals surface area contributed by atoms with Crippen LogP contribution >= 0.6 is 0 Å². The lowest BCUT2D eigenvalue weighted by Crippen LogP contribution is -2.21. The van der Waals surface area contributed by atoms with Crippen LogP contribution in [0.5, 0.6) is 28.7 Å². The molecule has 0 spiro atoms. The van der Waals surface area contributed by atoms with E-state index in [1.165, 1.54) is 21.3 Å². The molecule has 2 aliphatic rings. The predicted molar refractivity (Wildman–Crippen MR) is 118 cm³/mol. The Balaban J connectivity index is 1.76. The number of hydrogen-bond donors (Lipinski definition) is 0. The van der Waals surface area contributed by atoms with Gasteiger partial charge in [-0.1, -0.05) is 13.8 Å². The molecule has 1 atom stereocenters. The summed E-state index contributed by atoms with van der Waals surface area (Å²) in [6, 6.07) is 6.82. The molecule has 2 heterocycles. The van der Waals surface area contributed by atoms with E-state index in [9.17, 15) is 9.59 Å². The quantitative estimate of drug-likeness (QED) is 0.365. The predicted octanol–water partition coefficient (Wildman–Crippen LogP) is 4.77. The molecule has 1 unspecified atom stereocenters. The second kappa shape index (κ2) is 8.57. The number of carbonyl (C=O) groups excluding carboxylic acids is 2. The van der Waals surface area contributed by atoms with E-state index in [0.29, 0.717) is 45.8 Å². The smallest absolute Gasteiger partial charge is 0.311 e. The Kier molecular flexibility index (Phi) is 5.82. The number of carbonyl (C=O) groups is 2. The highest BCUT2D eigenvalue weighted by Crippen LogP contribution is 2.49. The van der Waals surface area contributed by atoms with Gasteiger partial charge in [0.1, 0.15) is 11.5 Å². The van der Waals surface area contributed by atoms with Gasteiger partial charge in [-0.3, -0.25) is 9.59 Å². The van der Waals surface area contributed by atoms with E-state index in [4.69, 9.17) is 23.7 Å². The second-order valence-corrected chi connectivity index (χ2v) is 8.26. The van der Waals surface area contributed by atoms with Crippen molar-refractivity contribution in [1.29, 1.82) is 0 Å². The van der Waals surface area contributed by atoms with Crippen LogP contribution in [0.2, 0.25) is 0 Å². The number of fused-ring (bicyclic) bond motifs is 3. The molecule has 2 aliphatic heterocycles. The van der Waals surface area contributed by atoms with Crippen LogP contribution < -0.4 is 23.7 Å². The van der Waals surface area contributed by atoms with E-state index in [0.717, 1.165) is 12.0 Å². The summed E-state index contributed by atoms with van der Waals surface area (Å²) < 4.78 is 27.7. The van der Waals surface area contributed by atoms with Gasteiger partial charge in [0.2, 0.25) is 11.5 Å². The number of methoxy groups -OCH3 is 3. The van der Waals surface area contributed by atoms with Crippen molar-refractivity contribution in [3.63, 3.8) is 0 Å². The molecule has 4 rings (SSSR count). The normalized spacial score (nSPS) is 18.2. The van der Waals surface area contributed by atoms with Gasteiger partial charge in [0.15, 0.2) is 17.3 Å². The lowest BCUT2D eigenvalue weighted by Gasteiger charge is -2.27. The Bertz CT molecular complexity index is 1090. The summed E-state index contributed by atoms with van der Waals surface area (Å²) in [4.78, 5) is 25.2. The summed E-state index contributed by atoms with van der Waals surface area (Å²) >= 11 is 0. The van der Waals surface area contributed by atoms with Crippen LogP contribution in [0.25, 0.3) is 6.08 Å². The zero-order valence-electron chi connectivity index (χ0n) is 18.8. The van der Waals surface area contributed by atoms with Crippen LogP contribution in [-0.4, -0.2) is 33.1 Å². The average Bonchev–Trinajstić information content (AvgIpc) is 3.07. The largest absolute Gasteiger partial charge is 0.493 e. The highest BCUT2D eigenvalue weighted by Gasteiger charge is 2.38. The van der Waals surface area contributed by atoms with Crippen LogP contribution in [-0.2, 0) is 4.79 Å². The molecule has 0 bridgehead atoms. The minimum atomic E-state index is -0.263.